The van der Waals surface area contributed by atoms with Crippen molar-refractivity contribution >= 4 is 20.2 Å². The summed E-state index contributed by atoms with van der Waals surface area (Å²) in [4.78, 5) is 0.196. The lowest BCUT2D eigenvalue weighted by molar-refractivity contribution is -0.0821. The Morgan fingerprint density at radius 1 is 0.511 bits per heavy atom. The van der Waals surface area contributed by atoms with Crippen molar-refractivity contribution < 1.29 is 48.9 Å². The van der Waals surface area contributed by atoms with Crippen LogP contribution in [0.5, 0.6) is 0 Å². The van der Waals surface area contributed by atoms with Crippen molar-refractivity contribution in [1.29, 1.82) is 0 Å². The Bertz CT molecular complexity index is 1450. The summed E-state index contributed by atoms with van der Waals surface area (Å²) >= 11 is 0. The molecule has 3 rings (SSSR count). The highest BCUT2D eigenvalue weighted by Crippen LogP contribution is 2.14. The van der Waals surface area contributed by atoms with Crippen molar-refractivity contribution in [2.45, 2.75) is 36.3 Å². The van der Waals surface area contributed by atoms with E-state index in [0.29, 0.717) is 6.61 Å². The summed E-state index contributed by atoms with van der Waals surface area (Å²) in [6.07, 6.45) is -0.390. The lowest BCUT2D eigenvalue weighted by Gasteiger charge is -2.18. The normalized spacial score (nSPS) is 12.8. The van der Waals surface area contributed by atoms with Crippen molar-refractivity contribution in [3.05, 3.63) is 95.6 Å². The molecule has 0 aliphatic heterocycles. The van der Waals surface area contributed by atoms with Gasteiger partial charge in [0.1, 0.15) is 6.10 Å². The SMILES string of the molecule is Cc1ccc(S(=O)(=O)OCCOCCOCC(COCc2ccccc2)OCCOCCOS(=O)(=O)c2ccc(C)cc2)cc1. The number of aryl methyl sites for hydroxylation is 2. The molecule has 0 aliphatic carbocycles. The lowest BCUT2D eigenvalue weighted by Crippen LogP contribution is -2.28. The lowest BCUT2D eigenvalue weighted by atomic mass is 10.2. The van der Waals surface area contributed by atoms with Gasteiger partial charge >= 0.3 is 0 Å². The summed E-state index contributed by atoms with van der Waals surface area (Å²) in [6.45, 7) is 5.54. The topological polar surface area (TPSA) is 133 Å². The van der Waals surface area contributed by atoms with Crippen LogP contribution < -0.4 is 0 Å². The zero-order valence-corrected chi connectivity index (χ0v) is 27.3. The minimum Gasteiger partial charge on any atom is -0.377 e. The molecule has 0 aliphatic rings. The molecule has 248 valence electrons. The number of benzene rings is 3. The van der Waals surface area contributed by atoms with Crippen molar-refractivity contribution in [2.24, 2.45) is 0 Å². The molecule has 1 unspecified atom stereocenters. The van der Waals surface area contributed by atoms with Gasteiger partial charge in [0.05, 0.1) is 82.5 Å². The van der Waals surface area contributed by atoms with E-state index in [9.17, 15) is 16.8 Å². The molecular weight excluding hydrogens is 624 g/mol. The second kappa shape index (κ2) is 19.7. The largest absolute Gasteiger partial charge is 0.377 e. The molecule has 0 saturated heterocycles. The number of hydrogen-bond acceptors (Lipinski definition) is 11. The van der Waals surface area contributed by atoms with Crippen LogP contribution in [0.4, 0.5) is 0 Å². The quantitative estimate of drug-likeness (QED) is 0.107. The van der Waals surface area contributed by atoms with Gasteiger partial charge in [-0.25, -0.2) is 0 Å². The van der Waals surface area contributed by atoms with Gasteiger partial charge < -0.3 is 23.7 Å². The Balaban J connectivity index is 1.30. The first-order valence-electron chi connectivity index (χ1n) is 14.5. The molecule has 0 heterocycles. The molecule has 0 fully saturated rings. The third-order valence-electron chi connectivity index (χ3n) is 6.22. The van der Waals surface area contributed by atoms with E-state index < -0.39 is 26.3 Å². The standard InChI is InChI=1S/C32H42O11S2/c1-27-8-12-31(13-9-27)44(33,34)42-22-19-37-16-17-39-25-30(26-40-24-29-6-4-3-5-7-29)41-21-18-38-20-23-43-45(35,36)32-14-10-28(2)11-15-32/h3-15,30H,16-26H2,1-2H3. The van der Waals surface area contributed by atoms with E-state index in [1.54, 1.807) is 24.3 Å². The Morgan fingerprint density at radius 3 is 1.49 bits per heavy atom. The van der Waals surface area contributed by atoms with E-state index in [1.807, 2.05) is 44.2 Å². The van der Waals surface area contributed by atoms with Crippen LogP contribution in [0.25, 0.3) is 0 Å². The van der Waals surface area contributed by atoms with Crippen LogP contribution >= 0.6 is 0 Å². The maximum absolute atomic E-state index is 12.3. The minimum absolute atomic E-state index is 0.0769. The molecule has 0 aromatic heterocycles. The number of ether oxygens (including phenoxy) is 5. The maximum Gasteiger partial charge on any atom is 0.297 e. The molecule has 0 amide bonds. The molecular formula is C32H42O11S2. The third kappa shape index (κ3) is 14.5. The Morgan fingerprint density at radius 2 is 0.956 bits per heavy atom. The summed E-state index contributed by atoms with van der Waals surface area (Å²) in [5.74, 6) is 0. The molecule has 3 aromatic carbocycles. The summed E-state index contributed by atoms with van der Waals surface area (Å²) in [7, 11) is -7.68. The first-order chi connectivity index (χ1) is 21.7. The van der Waals surface area contributed by atoms with E-state index >= 15 is 0 Å². The monoisotopic (exact) mass is 666 g/mol. The van der Waals surface area contributed by atoms with Crippen LogP contribution in [0, 0.1) is 13.8 Å². The van der Waals surface area contributed by atoms with Crippen molar-refractivity contribution in [3.8, 4) is 0 Å². The van der Waals surface area contributed by atoms with Crippen molar-refractivity contribution in [1.82, 2.24) is 0 Å². The predicted molar refractivity (Wildman–Crippen MR) is 167 cm³/mol. The average Bonchev–Trinajstić information content (AvgIpc) is 3.02. The van der Waals surface area contributed by atoms with E-state index in [2.05, 4.69) is 0 Å². The molecule has 0 bridgehead atoms. The Labute approximate surface area is 266 Å². The highest BCUT2D eigenvalue weighted by atomic mass is 32.2. The highest BCUT2D eigenvalue weighted by molar-refractivity contribution is 7.87. The van der Waals surface area contributed by atoms with Crippen molar-refractivity contribution in [3.63, 3.8) is 0 Å². The fourth-order valence-electron chi connectivity index (χ4n) is 3.79. The van der Waals surface area contributed by atoms with Gasteiger partial charge in [0.2, 0.25) is 0 Å². The van der Waals surface area contributed by atoms with Crippen molar-refractivity contribution in [2.75, 3.05) is 66.1 Å². The highest BCUT2D eigenvalue weighted by Gasteiger charge is 2.16. The van der Waals surface area contributed by atoms with Crippen LogP contribution in [-0.2, 0) is 58.9 Å². The summed E-state index contributed by atoms with van der Waals surface area (Å²) in [5, 5.41) is 0. The van der Waals surface area contributed by atoms with Crippen LogP contribution in [0.3, 0.4) is 0 Å². The van der Waals surface area contributed by atoms with Gasteiger partial charge in [-0.2, -0.15) is 16.8 Å². The summed E-state index contributed by atoms with van der Waals surface area (Å²) in [6, 6.07) is 22.6. The van der Waals surface area contributed by atoms with E-state index in [-0.39, 0.29) is 75.9 Å². The minimum atomic E-state index is -3.84. The molecule has 13 heteroatoms. The molecule has 1 atom stereocenters. The van der Waals surface area contributed by atoms with Gasteiger partial charge in [-0.1, -0.05) is 65.7 Å². The fourth-order valence-corrected chi connectivity index (χ4v) is 5.57. The molecule has 11 nitrogen and oxygen atoms in total. The van der Waals surface area contributed by atoms with Crippen LogP contribution in [0.15, 0.2) is 88.7 Å². The first kappa shape index (κ1) is 36.7. The first-order valence-corrected chi connectivity index (χ1v) is 17.4. The van der Waals surface area contributed by atoms with E-state index in [4.69, 9.17) is 32.1 Å². The molecule has 0 N–H and O–H groups in total. The van der Waals surface area contributed by atoms with Crippen LogP contribution in [-0.4, -0.2) is 89.0 Å². The zero-order valence-electron chi connectivity index (χ0n) is 25.7. The van der Waals surface area contributed by atoms with Gasteiger partial charge in [-0.05, 0) is 43.7 Å². The number of hydrogen-bond donors (Lipinski definition) is 0. The Kier molecular flexibility index (Phi) is 16.1. The zero-order chi connectivity index (χ0) is 32.4. The maximum atomic E-state index is 12.3. The van der Waals surface area contributed by atoms with Gasteiger partial charge in [0.25, 0.3) is 20.2 Å². The molecule has 0 spiro atoms. The van der Waals surface area contributed by atoms with E-state index in [0.717, 1.165) is 16.7 Å². The van der Waals surface area contributed by atoms with E-state index in [1.165, 1.54) is 24.3 Å². The second-order valence-electron chi connectivity index (χ2n) is 9.97. The van der Waals surface area contributed by atoms with Gasteiger partial charge in [0.15, 0.2) is 0 Å². The second-order valence-corrected chi connectivity index (χ2v) is 13.2. The van der Waals surface area contributed by atoms with Gasteiger partial charge in [0, 0.05) is 0 Å². The number of rotatable bonds is 23. The summed E-state index contributed by atoms with van der Waals surface area (Å²) in [5.41, 5.74) is 2.94. The van der Waals surface area contributed by atoms with Crippen LogP contribution in [0.1, 0.15) is 16.7 Å². The molecule has 45 heavy (non-hydrogen) atoms. The fraction of sp³-hybridized carbons (Fsp3) is 0.438. The van der Waals surface area contributed by atoms with Crippen LogP contribution in [0.2, 0.25) is 0 Å². The third-order valence-corrected chi connectivity index (χ3v) is 8.88. The smallest absolute Gasteiger partial charge is 0.297 e. The Hall–Kier alpha value is -2.72. The average molecular weight is 667 g/mol. The molecule has 0 saturated carbocycles. The van der Waals surface area contributed by atoms with Gasteiger partial charge in [-0.15, -0.1) is 0 Å². The predicted octanol–water partition coefficient (Wildman–Crippen LogP) is 4.07. The molecule has 3 aromatic rings. The molecule has 0 radical (unpaired) electrons. The summed E-state index contributed by atoms with van der Waals surface area (Å²) < 4.78 is 87.3. The van der Waals surface area contributed by atoms with Gasteiger partial charge in [-0.3, -0.25) is 8.37 Å².